The standard InChI is InChI=1S/C14H19NO4/c16-12(5-4-11-6-9-19-10-11)15-14(13(17)18)7-2-1-3-8-14/h6,9-10H,1-5,7-8H2,(H,15,16)(H,17,18). The van der Waals surface area contributed by atoms with Crippen molar-refractivity contribution in [1.29, 1.82) is 0 Å². The molecule has 0 aliphatic heterocycles. The van der Waals surface area contributed by atoms with Gasteiger partial charge in [0.25, 0.3) is 0 Å². The van der Waals surface area contributed by atoms with Crippen LogP contribution in [0.1, 0.15) is 44.1 Å². The van der Waals surface area contributed by atoms with Gasteiger partial charge in [-0.25, -0.2) is 4.79 Å². The topological polar surface area (TPSA) is 79.5 Å². The van der Waals surface area contributed by atoms with Crippen molar-refractivity contribution >= 4 is 11.9 Å². The molecule has 1 amide bonds. The second-order valence-corrected chi connectivity index (χ2v) is 5.13. The lowest BCUT2D eigenvalue weighted by Gasteiger charge is -2.34. The van der Waals surface area contributed by atoms with Crippen molar-refractivity contribution in [3.63, 3.8) is 0 Å². The molecule has 0 unspecified atom stereocenters. The van der Waals surface area contributed by atoms with Gasteiger partial charge in [-0.3, -0.25) is 4.79 Å². The Bertz CT molecular complexity index is 432. The molecule has 0 saturated heterocycles. The number of aliphatic carboxylic acids is 1. The number of nitrogens with one attached hydrogen (secondary N) is 1. The molecular formula is C14H19NO4. The highest BCUT2D eigenvalue weighted by atomic mass is 16.4. The number of furan rings is 1. The van der Waals surface area contributed by atoms with E-state index in [-0.39, 0.29) is 12.3 Å². The van der Waals surface area contributed by atoms with E-state index < -0.39 is 11.5 Å². The van der Waals surface area contributed by atoms with Crippen molar-refractivity contribution in [1.82, 2.24) is 5.32 Å². The maximum Gasteiger partial charge on any atom is 0.329 e. The third-order valence-corrected chi connectivity index (χ3v) is 3.72. The van der Waals surface area contributed by atoms with Gasteiger partial charge in [0.1, 0.15) is 5.54 Å². The second-order valence-electron chi connectivity index (χ2n) is 5.13. The summed E-state index contributed by atoms with van der Waals surface area (Å²) in [4.78, 5) is 23.3. The Morgan fingerprint density at radius 1 is 1.32 bits per heavy atom. The fourth-order valence-corrected chi connectivity index (χ4v) is 2.57. The van der Waals surface area contributed by atoms with Crippen LogP contribution in [0.4, 0.5) is 0 Å². The minimum absolute atomic E-state index is 0.203. The van der Waals surface area contributed by atoms with Crippen LogP contribution in [0.5, 0.6) is 0 Å². The monoisotopic (exact) mass is 265 g/mol. The summed E-state index contributed by atoms with van der Waals surface area (Å²) in [6, 6.07) is 1.81. The molecule has 0 spiro atoms. The molecule has 5 heteroatoms. The average molecular weight is 265 g/mol. The lowest BCUT2D eigenvalue weighted by atomic mass is 9.81. The summed E-state index contributed by atoms with van der Waals surface area (Å²) >= 11 is 0. The molecule has 2 rings (SSSR count). The Hall–Kier alpha value is -1.78. The summed E-state index contributed by atoms with van der Waals surface area (Å²) in [6.07, 6.45) is 7.82. The first-order valence-electron chi connectivity index (χ1n) is 6.68. The van der Waals surface area contributed by atoms with Gasteiger partial charge in [-0.1, -0.05) is 19.3 Å². The van der Waals surface area contributed by atoms with E-state index in [1.54, 1.807) is 18.6 Å². The Morgan fingerprint density at radius 2 is 2.05 bits per heavy atom. The lowest BCUT2D eigenvalue weighted by Crippen LogP contribution is -2.55. The number of carboxylic acid groups (broad SMARTS) is 1. The van der Waals surface area contributed by atoms with Gasteiger partial charge in [0.15, 0.2) is 0 Å². The van der Waals surface area contributed by atoms with E-state index >= 15 is 0 Å². The van der Waals surface area contributed by atoms with E-state index in [2.05, 4.69) is 5.32 Å². The van der Waals surface area contributed by atoms with Crippen molar-refractivity contribution in [2.45, 2.75) is 50.5 Å². The minimum Gasteiger partial charge on any atom is -0.480 e. The summed E-state index contributed by atoms with van der Waals surface area (Å²) in [5, 5.41) is 12.1. The van der Waals surface area contributed by atoms with Gasteiger partial charge in [-0.15, -0.1) is 0 Å². The van der Waals surface area contributed by atoms with E-state index in [1.807, 2.05) is 0 Å². The Kier molecular flexibility index (Phi) is 4.24. The van der Waals surface area contributed by atoms with Crippen molar-refractivity contribution in [2.75, 3.05) is 0 Å². The zero-order valence-electron chi connectivity index (χ0n) is 10.9. The van der Waals surface area contributed by atoms with Crippen molar-refractivity contribution in [3.05, 3.63) is 24.2 Å². The van der Waals surface area contributed by atoms with E-state index in [0.29, 0.717) is 19.3 Å². The first kappa shape index (κ1) is 13.6. The number of hydrogen-bond donors (Lipinski definition) is 2. The highest BCUT2D eigenvalue weighted by Crippen LogP contribution is 2.28. The predicted octanol–water partition coefficient (Wildman–Crippen LogP) is 2.12. The first-order valence-corrected chi connectivity index (χ1v) is 6.68. The fraction of sp³-hybridized carbons (Fsp3) is 0.571. The van der Waals surface area contributed by atoms with Crippen LogP contribution in [0.2, 0.25) is 0 Å². The highest BCUT2D eigenvalue weighted by molar-refractivity contribution is 5.87. The molecule has 2 N–H and O–H groups in total. The molecule has 1 aromatic heterocycles. The van der Waals surface area contributed by atoms with Crippen molar-refractivity contribution in [3.8, 4) is 0 Å². The Balaban J connectivity index is 1.90. The smallest absolute Gasteiger partial charge is 0.329 e. The molecule has 1 heterocycles. The van der Waals surface area contributed by atoms with E-state index in [1.165, 1.54) is 0 Å². The van der Waals surface area contributed by atoms with Gasteiger partial charge in [-0.2, -0.15) is 0 Å². The van der Waals surface area contributed by atoms with Crippen LogP contribution in [0.15, 0.2) is 23.0 Å². The molecule has 0 aromatic carbocycles. The van der Waals surface area contributed by atoms with Gasteiger partial charge in [-0.05, 0) is 30.9 Å². The van der Waals surface area contributed by atoms with Crippen molar-refractivity contribution in [2.24, 2.45) is 0 Å². The third kappa shape index (κ3) is 3.36. The molecule has 0 bridgehead atoms. The van der Waals surface area contributed by atoms with Gasteiger partial charge in [0.05, 0.1) is 12.5 Å². The molecule has 1 saturated carbocycles. The number of amides is 1. The van der Waals surface area contributed by atoms with Crippen LogP contribution in [0.3, 0.4) is 0 Å². The van der Waals surface area contributed by atoms with Crippen LogP contribution >= 0.6 is 0 Å². The summed E-state index contributed by atoms with van der Waals surface area (Å²) < 4.78 is 4.93. The molecule has 1 aliphatic rings. The maximum absolute atomic E-state index is 11.9. The van der Waals surface area contributed by atoms with Gasteiger partial charge in [0.2, 0.25) is 5.91 Å². The molecule has 1 aliphatic carbocycles. The molecule has 1 fully saturated rings. The largest absolute Gasteiger partial charge is 0.480 e. The fourth-order valence-electron chi connectivity index (χ4n) is 2.57. The molecule has 0 radical (unpaired) electrons. The summed E-state index contributed by atoms with van der Waals surface area (Å²) in [7, 11) is 0. The highest BCUT2D eigenvalue weighted by Gasteiger charge is 2.40. The van der Waals surface area contributed by atoms with E-state index in [4.69, 9.17) is 4.42 Å². The SMILES string of the molecule is O=C(CCc1ccoc1)NC1(C(=O)O)CCCCC1. The lowest BCUT2D eigenvalue weighted by molar-refractivity contribution is -0.149. The van der Waals surface area contributed by atoms with Crippen LogP contribution in [0.25, 0.3) is 0 Å². The Labute approximate surface area is 112 Å². The molecule has 0 atom stereocenters. The van der Waals surface area contributed by atoms with Crippen LogP contribution in [-0.2, 0) is 16.0 Å². The Morgan fingerprint density at radius 3 is 2.63 bits per heavy atom. The molecule has 104 valence electrons. The second kappa shape index (κ2) is 5.91. The van der Waals surface area contributed by atoms with Crippen LogP contribution in [0, 0.1) is 0 Å². The predicted molar refractivity (Wildman–Crippen MR) is 68.6 cm³/mol. The van der Waals surface area contributed by atoms with Crippen LogP contribution in [-0.4, -0.2) is 22.5 Å². The minimum atomic E-state index is -1.05. The molecule has 5 nitrogen and oxygen atoms in total. The number of carbonyl (C=O) groups is 2. The van der Waals surface area contributed by atoms with E-state index in [0.717, 1.165) is 24.8 Å². The molecular weight excluding hydrogens is 246 g/mol. The van der Waals surface area contributed by atoms with Gasteiger partial charge >= 0.3 is 5.97 Å². The number of carbonyl (C=O) groups excluding carboxylic acids is 1. The normalized spacial score (nSPS) is 17.9. The average Bonchev–Trinajstić information content (AvgIpc) is 2.90. The third-order valence-electron chi connectivity index (χ3n) is 3.72. The summed E-state index contributed by atoms with van der Waals surface area (Å²) in [6.45, 7) is 0. The van der Waals surface area contributed by atoms with Gasteiger partial charge in [0, 0.05) is 6.42 Å². The number of hydrogen-bond acceptors (Lipinski definition) is 3. The zero-order chi connectivity index (χ0) is 13.7. The van der Waals surface area contributed by atoms with Crippen molar-refractivity contribution < 1.29 is 19.1 Å². The van der Waals surface area contributed by atoms with Crippen LogP contribution < -0.4 is 5.32 Å². The van der Waals surface area contributed by atoms with E-state index in [9.17, 15) is 14.7 Å². The number of carboxylic acids is 1. The quantitative estimate of drug-likeness (QED) is 0.854. The number of aryl methyl sites for hydroxylation is 1. The summed E-state index contributed by atoms with van der Waals surface area (Å²) in [5.74, 6) is -1.12. The number of rotatable bonds is 5. The molecule has 1 aromatic rings. The van der Waals surface area contributed by atoms with Gasteiger partial charge < -0.3 is 14.8 Å². The molecule has 19 heavy (non-hydrogen) atoms. The zero-order valence-corrected chi connectivity index (χ0v) is 10.9. The summed E-state index contributed by atoms with van der Waals surface area (Å²) in [5.41, 5.74) is -0.102. The first-order chi connectivity index (χ1) is 9.12. The maximum atomic E-state index is 11.9.